The molecule has 1 N–H and O–H groups in total. The summed E-state index contributed by atoms with van der Waals surface area (Å²) in [4.78, 5) is 43.4. The van der Waals surface area contributed by atoms with E-state index in [1.807, 2.05) is 6.07 Å². The lowest BCUT2D eigenvalue weighted by Gasteiger charge is -2.21. The van der Waals surface area contributed by atoms with Crippen LogP contribution in [0.4, 0.5) is 0 Å². The maximum atomic E-state index is 13.1. The second-order valence-corrected chi connectivity index (χ2v) is 8.59. The van der Waals surface area contributed by atoms with Crippen molar-refractivity contribution in [1.29, 1.82) is 0 Å². The van der Waals surface area contributed by atoms with Crippen molar-refractivity contribution in [2.45, 2.75) is 0 Å². The fourth-order valence-electron chi connectivity index (χ4n) is 4.23. The highest BCUT2D eigenvalue weighted by molar-refractivity contribution is 6.32. The smallest absolute Gasteiger partial charge is 0.254 e. The fraction of sp³-hybridized carbons (Fsp3) is 0.240. The number of hydrogen-bond acceptors (Lipinski definition) is 4. The lowest BCUT2D eigenvalue weighted by molar-refractivity contribution is 0.0818. The van der Waals surface area contributed by atoms with Crippen molar-refractivity contribution in [2.75, 3.05) is 42.3 Å². The molecular formula is C25H25N3O4. The monoisotopic (exact) mass is 431 g/mol. The summed E-state index contributed by atoms with van der Waals surface area (Å²) in [5.74, 6) is -0.733. The van der Waals surface area contributed by atoms with Crippen molar-refractivity contribution in [2.24, 2.45) is 0 Å². The highest BCUT2D eigenvalue weighted by Crippen LogP contribution is 2.42. The first-order valence-electron chi connectivity index (χ1n) is 10.2. The first-order valence-corrected chi connectivity index (χ1v) is 10.2. The minimum Gasteiger partial charge on any atom is -0.507 e. The molecule has 4 aromatic rings. The van der Waals surface area contributed by atoms with E-state index >= 15 is 0 Å². The largest absolute Gasteiger partial charge is 0.507 e. The summed E-state index contributed by atoms with van der Waals surface area (Å²) < 4.78 is 0. The van der Waals surface area contributed by atoms with Gasteiger partial charge in [-0.25, -0.2) is 0 Å². The molecule has 0 aliphatic heterocycles. The number of benzene rings is 4. The van der Waals surface area contributed by atoms with Crippen LogP contribution in [0.5, 0.6) is 5.75 Å². The second kappa shape index (κ2) is 7.37. The summed E-state index contributed by atoms with van der Waals surface area (Å²) in [6, 6.07) is 10.3. The van der Waals surface area contributed by atoms with Gasteiger partial charge in [-0.05, 0) is 39.7 Å². The highest BCUT2D eigenvalue weighted by Gasteiger charge is 2.25. The zero-order chi connectivity index (χ0) is 23.5. The molecule has 0 aliphatic rings. The van der Waals surface area contributed by atoms with E-state index in [4.69, 9.17) is 0 Å². The van der Waals surface area contributed by atoms with Crippen molar-refractivity contribution in [3.05, 3.63) is 53.1 Å². The molecule has 0 spiro atoms. The summed E-state index contributed by atoms with van der Waals surface area (Å²) in [7, 11) is 9.94. The molecule has 4 rings (SSSR count). The topological polar surface area (TPSA) is 81.2 Å². The number of phenolic OH excluding ortho intramolecular Hbond substituents is 1. The molecule has 4 aromatic carbocycles. The van der Waals surface area contributed by atoms with E-state index in [0.29, 0.717) is 49.0 Å². The van der Waals surface area contributed by atoms with Crippen LogP contribution >= 0.6 is 0 Å². The summed E-state index contributed by atoms with van der Waals surface area (Å²) in [6.45, 7) is 0. The molecule has 0 atom stereocenters. The van der Waals surface area contributed by atoms with Gasteiger partial charge in [0.25, 0.3) is 17.7 Å². The van der Waals surface area contributed by atoms with Crippen LogP contribution in [0.2, 0.25) is 0 Å². The van der Waals surface area contributed by atoms with Gasteiger partial charge in [-0.15, -0.1) is 0 Å². The number of hydrogen-bond donors (Lipinski definition) is 1. The number of amides is 3. The third-order valence-corrected chi connectivity index (χ3v) is 5.79. The molecule has 0 fully saturated rings. The summed E-state index contributed by atoms with van der Waals surface area (Å²) in [5.41, 5.74) is 1.15. The van der Waals surface area contributed by atoms with Crippen LogP contribution < -0.4 is 0 Å². The van der Waals surface area contributed by atoms with Gasteiger partial charge in [0.1, 0.15) is 5.75 Å². The van der Waals surface area contributed by atoms with Gasteiger partial charge in [-0.3, -0.25) is 14.4 Å². The third kappa shape index (κ3) is 3.00. The Morgan fingerprint density at radius 2 is 0.875 bits per heavy atom. The number of phenols is 1. The summed E-state index contributed by atoms with van der Waals surface area (Å²) in [6.07, 6.45) is 0. The normalized spacial score (nSPS) is 11.3. The average molecular weight is 431 g/mol. The van der Waals surface area contributed by atoms with E-state index in [2.05, 4.69) is 0 Å². The van der Waals surface area contributed by atoms with Gasteiger partial charge in [0.15, 0.2) is 0 Å². The van der Waals surface area contributed by atoms with E-state index < -0.39 is 0 Å². The first-order chi connectivity index (χ1) is 15.0. The Bertz CT molecular complexity index is 1380. The van der Waals surface area contributed by atoms with Crippen molar-refractivity contribution < 1.29 is 19.5 Å². The standard InChI is InChI=1S/C25H25N3O4/c1-26(2)23(30)17-11-18(24(31)27(3)4)14-9-10-16-20(29)12-19(25(32)28(5)6)15-8-7-13(17)21(14)22(15)16/h7-12,29H,1-6H3. The SMILES string of the molecule is CN(C)C(=O)c1cc(O)c2ccc3c(C(=O)N(C)C)cc(C(=O)N(C)C)c4ccc1c2c34. The lowest BCUT2D eigenvalue weighted by Crippen LogP contribution is -2.25. The molecule has 0 bridgehead atoms. The van der Waals surface area contributed by atoms with Crippen LogP contribution in [-0.2, 0) is 0 Å². The first kappa shape index (κ1) is 21.4. The second-order valence-electron chi connectivity index (χ2n) is 8.59. The zero-order valence-corrected chi connectivity index (χ0v) is 19.0. The molecule has 0 aromatic heterocycles. The van der Waals surface area contributed by atoms with Gasteiger partial charge in [0, 0.05) is 64.2 Å². The van der Waals surface area contributed by atoms with E-state index in [1.165, 1.54) is 20.8 Å². The summed E-state index contributed by atoms with van der Waals surface area (Å²) in [5, 5.41) is 14.7. The van der Waals surface area contributed by atoms with Crippen LogP contribution in [0.25, 0.3) is 32.3 Å². The quantitative estimate of drug-likeness (QED) is 0.504. The maximum absolute atomic E-state index is 13.1. The molecule has 0 aliphatic carbocycles. The molecule has 32 heavy (non-hydrogen) atoms. The van der Waals surface area contributed by atoms with E-state index in [0.717, 1.165) is 0 Å². The van der Waals surface area contributed by atoms with E-state index in [-0.39, 0.29) is 23.5 Å². The van der Waals surface area contributed by atoms with Crippen LogP contribution in [0.3, 0.4) is 0 Å². The predicted molar refractivity (Wildman–Crippen MR) is 126 cm³/mol. The Balaban J connectivity index is 2.27. The minimum atomic E-state index is -0.243. The number of carbonyl (C=O) groups is 3. The van der Waals surface area contributed by atoms with Gasteiger partial charge in [0.2, 0.25) is 0 Å². The Morgan fingerprint density at radius 1 is 0.562 bits per heavy atom. The van der Waals surface area contributed by atoms with Crippen LogP contribution in [-0.4, -0.2) is 79.8 Å². The zero-order valence-electron chi connectivity index (χ0n) is 19.0. The van der Waals surface area contributed by atoms with Crippen LogP contribution in [0, 0.1) is 0 Å². The Labute approximate surface area is 185 Å². The molecular weight excluding hydrogens is 406 g/mol. The predicted octanol–water partition coefficient (Wildman–Crippen LogP) is 3.40. The average Bonchev–Trinajstić information content (AvgIpc) is 2.76. The molecule has 0 unspecified atom stereocenters. The van der Waals surface area contributed by atoms with Gasteiger partial charge < -0.3 is 19.8 Å². The molecule has 7 heteroatoms. The van der Waals surface area contributed by atoms with Crippen LogP contribution in [0.15, 0.2) is 36.4 Å². The lowest BCUT2D eigenvalue weighted by atomic mass is 9.86. The number of carbonyl (C=O) groups excluding carboxylic acids is 3. The molecule has 164 valence electrons. The summed E-state index contributed by atoms with van der Waals surface area (Å²) >= 11 is 0. The highest BCUT2D eigenvalue weighted by atomic mass is 16.3. The molecule has 7 nitrogen and oxygen atoms in total. The Hall–Kier alpha value is -3.87. The van der Waals surface area contributed by atoms with Crippen molar-refractivity contribution in [3.63, 3.8) is 0 Å². The van der Waals surface area contributed by atoms with Crippen molar-refractivity contribution in [3.8, 4) is 5.75 Å². The van der Waals surface area contributed by atoms with Gasteiger partial charge >= 0.3 is 0 Å². The van der Waals surface area contributed by atoms with Gasteiger partial charge in [-0.2, -0.15) is 0 Å². The van der Waals surface area contributed by atoms with Gasteiger partial charge in [0.05, 0.1) is 5.56 Å². The van der Waals surface area contributed by atoms with Crippen molar-refractivity contribution >= 4 is 50.0 Å². The number of aromatic hydroxyl groups is 1. The molecule has 0 saturated carbocycles. The number of rotatable bonds is 3. The Morgan fingerprint density at radius 3 is 1.25 bits per heavy atom. The molecule has 0 saturated heterocycles. The van der Waals surface area contributed by atoms with E-state index in [9.17, 15) is 19.5 Å². The Kier molecular flexibility index (Phi) is 4.92. The fourth-order valence-corrected chi connectivity index (χ4v) is 4.23. The number of nitrogens with zero attached hydrogens (tertiary/aromatic N) is 3. The van der Waals surface area contributed by atoms with E-state index in [1.54, 1.807) is 66.6 Å². The third-order valence-electron chi connectivity index (χ3n) is 5.79. The van der Waals surface area contributed by atoms with Crippen LogP contribution in [0.1, 0.15) is 31.1 Å². The van der Waals surface area contributed by atoms with Gasteiger partial charge in [-0.1, -0.05) is 18.2 Å². The minimum absolute atomic E-state index is 0.0260. The molecule has 0 heterocycles. The molecule has 3 amide bonds. The van der Waals surface area contributed by atoms with Crippen molar-refractivity contribution in [1.82, 2.24) is 14.7 Å². The molecule has 0 radical (unpaired) electrons. The maximum Gasteiger partial charge on any atom is 0.254 e.